The third-order valence-electron chi connectivity index (χ3n) is 6.00. The maximum absolute atomic E-state index is 13.2. The largest absolute Gasteiger partial charge is 0.444 e. The third kappa shape index (κ3) is 6.67. The molecule has 0 saturated carbocycles. The molecule has 4 aromatic carbocycles. The number of ether oxygens (including phenoxy) is 1. The van der Waals surface area contributed by atoms with Crippen molar-refractivity contribution >= 4 is 37.8 Å². The molecule has 194 valence electrons. The first-order chi connectivity index (χ1) is 17.5. The molecule has 7 heteroatoms. The van der Waals surface area contributed by atoms with E-state index in [9.17, 15) is 13.2 Å². The number of carbonyl (C=O) groups excluding carboxylic acids is 1. The summed E-state index contributed by atoms with van der Waals surface area (Å²) in [6, 6.07) is 24.9. The van der Waals surface area contributed by atoms with Crippen LogP contribution in [0.1, 0.15) is 38.3 Å². The van der Waals surface area contributed by atoms with Crippen LogP contribution in [0.5, 0.6) is 0 Å². The predicted molar refractivity (Wildman–Crippen MR) is 147 cm³/mol. The maximum atomic E-state index is 13.2. The van der Waals surface area contributed by atoms with Crippen molar-refractivity contribution in [2.24, 2.45) is 0 Å². The molecular weight excluding hydrogens is 486 g/mol. The summed E-state index contributed by atoms with van der Waals surface area (Å²) in [7, 11) is -3.88. The van der Waals surface area contributed by atoms with Crippen LogP contribution in [0.2, 0.25) is 0 Å². The van der Waals surface area contributed by atoms with Crippen LogP contribution in [0.4, 0.5) is 4.79 Å². The van der Waals surface area contributed by atoms with E-state index in [1.807, 2.05) is 52.0 Å². The van der Waals surface area contributed by atoms with E-state index in [1.54, 1.807) is 17.0 Å². The predicted octanol–water partition coefficient (Wildman–Crippen LogP) is 6.83. The highest BCUT2D eigenvalue weighted by Gasteiger charge is 2.24. The van der Waals surface area contributed by atoms with E-state index >= 15 is 0 Å². The highest BCUT2D eigenvalue weighted by atomic mass is 32.2. The number of benzene rings is 4. The molecule has 0 aliphatic heterocycles. The molecule has 0 fully saturated rings. The van der Waals surface area contributed by atoms with Gasteiger partial charge in [0.05, 0.1) is 18.0 Å². The quantitative estimate of drug-likeness (QED) is 0.145. The molecule has 0 radical (unpaired) electrons. The van der Waals surface area contributed by atoms with Crippen molar-refractivity contribution in [1.82, 2.24) is 4.90 Å². The average Bonchev–Trinajstić information content (AvgIpc) is 2.84. The van der Waals surface area contributed by atoms with Gasteiger partial charge in [0, 0.05) is 6.54 Å². The van der Waals surface area contributed by atoms with Gasteiger partial charge in [0.15, 0.2) is 0 Å². The molecule has 4 rings (SSSR count). The lowest BCUT2D eigenvalue weighted by atomic mass is 9.96. The smallest absolute Gasteiger partial charge is 0.410 e. The van der Waals surface area contributed by atoms with E-state index in [0.29, 0.717) is 13.0 Å². The van der Waals surface area contributed by atoms with Gasteiger partial charge in [0.1, 0.15) is 5.60 Å². The zero-order valence-electron chi connectivity index (χ0n) is 21.7. The Morgan fingerprint density at radius 2 is 1.43 bits per heavy atom. The van der Waals surface area contributed by atoms with E-state index < -0.39 is 21.8 Å². The minimum Gasteiger partial charge on any atom is -0.444 e. The summed E-state index contributed by atoms with van der Waals surface area (Å²) in [6.45, 7) is 7.92. The summed E-state index contributed by atoms with van der Waals surface area (Å²) in [5, 5.41) is 4.31. The standard InChI is InChI=1S/C30H33NO5S/c1-22-14-16-25(17-15-22)37(33,34)35-19-9-18-31(29(32)36-30(2,3)4)21-28-26-12-7-5-10-23(26)20-24-11-6-8-13-27(24)28/h5-8,10-17,20H,9,18-19,21H2,1-4H3. The summed E-state index contributed by atoms with van der Waals surface area (Å²) in [6.07, 6.45) is -0.126. The number of hydrogen-bond donors (Lipinski definition) is 0. The molecule has 4 aromatic rings. The van der Waals surface area contributed by atoms with Crippen molar-refractivity contribution < 1.29 is 22.1 Å². The van der Waals surface area contributed by atoms with Crippen LogP contribution in [0.3, 0.4) is 0 Å². The monoisotopic (exact) mass is 519 g/mol. The fourth-order valence-corrected chi connectivity index (χ4v) is 5.17. The zero-order valence-corrected chi connectivity index (χ0v) is 22.5. The number of carbonyl (C=O) groups is 1. The number of aryl methyl sites for hydroxylation is 1. The van der Waals surface area contributed by atoms with Crippen molar-refractivity contribution in [1.29, 1.82) is 0 Å². The fourth-order valence-electron chi connectivity index (χ4n) is 4.23. The SMILES string of the molecule is Cc1ccc(S(=O)(=O)OCCCN(Cc2c3ccccc3cc3ccccc23)C(=O)OC(C)(C)C)cc1. The van der Waals surface area contributed by atoms with Gasteiger partial charge in [-0.05, 0) is 79.4 Å². The Bertz CT molecular complexity index is 1450. The number of amides is 1. The lowest BCUT2D eigenvalue weighted by Gasteiger charge is -2.28. The molecule has 0 spiro atoms. The Morgan fingerprint density at radius 3 is 2.00 bits per heavy atom. The first-order valence-electron chi connectivity index (χ1n) is 12.4. The topological polar surface area (TPSA) is 72.9 Å². The molecule has 0 unspecified atom stereocenters. The lowest BCUT2D eigenvalue weighted by molar-refractivity contribution is 0.0227. The van der Waals surface area contributed by atoms with Gasteiger partial charge in [0.25, 0.3) is 10.1 Å². The normalized spacial score (nSPS) is 12.1. The van der Waals surface area contributed by atoms with Gasteiger partial charge in [-0.25, -0.2) is 4.79 Å². The Kier molecular flexibility index (Phi) is 7.85. The van der Waals surface area contributed by atoms with E-state index in [-0.39, 0.29) is 18.0 Å². The minimum absolute atomic E-state index is 0.0498. The molecule has 0 heterocycles. The van der Waals surface area contributed by atoms with Gasteiger partial charge in [-0.1, -0.05) is 66.2 Å². The first-order valence-corrected chi connectivity index (χ1v) is 13.8. The lowest BCUT2D eigenvalue weighted by Crippen LogP contribution is -2.37. The highest BCUT2D eigenvalue weighted by Crippen LogP contribution is 2.30. The molecule has 0 saturated heterocycles. The van der Waals surface area contributed by atoms with Gasteiger partial charge in [-0.15, -0.1) is 0 Å². The van der Waals surface area contributed by atoms with Crippen LogP contribution in [0.25, 0.3) is 21.5 Å². The molecular formula is C30H33NO5S. The second-order valence-corrected chi connectivity index (χ2v) is 11.8. The van der Waals surface area contributed by atoms with Gasteiger partial charge in [-0.2, -0.15) is 8.42 Å². The van der Waals surface area contributed by atoms with Crippen LogP contribution >= 0.6 is 0 Å². The molecule has 6 nitrogen and oxygen atoms in total. The summed E-state index contributed by atoms with van der Waals surface area (Å²) in [4.78, 5) is 15.0. The Morgan fingerprint density at radius 1 is 0.865 bits per heavy atom. The van der Waals surface area contributed by atoms with Crippen molar-refractivity contribution in [2.75, 3.05) is 13.2 Å². The Balaban J connectivity index is 1.56. The van der Waals surface area contributed by atoms with Gasteiger partial charge >= 0.3 is 6.09 Å². The molecule has 0 bridgehead atoms. The van der Waals surface area contributed by atoms with Crippen LogP contribution < -0.4 is 0 Å². The van der Waals surface area contributed by atoms with Crippen LogP contribution in [-0.4, -0.2) is 38.2 Å². The number of hydrogen-bond acceptors (Lipinski definition) is 5. The first kappa shape index (κ1) is 26.6. The van der Waals surface area contributed by atoms with Crippen LogP contribution in [-0.2, 0) is 25.6 Å². The van der Waals surface area contributed by atoms with Gasteiger partial charge < -0.3 is 9.64 Å². The maximum Gasteiger partial charge on any atom is 0.410 e. The van der Waals surface area contributed by atoms with Crippen molar-refractivity contribution in [3.8, 4) is 0 Å². The minimum atomic E-state index is -3.88. The van der Waals surface area contributed by atoms with E-state index in [2.05, 4.69) is 30.3 Å². The fraction of sp³-hybridized carbons (Fsp3) is 0.300. The highest BCUT2D eigenvalue weighted by molar-refractivity contribution is 7.86. The second-order valence-electron chi connectivity index (χ2n) is 10.1. The van der Waals surface area contributed by atoms with Crippen molar-refractivity contribution in [3.63, 3.8) is 0 Å². The number of rotatable bonds is 8. The third-order valence-corrected chi connectivity index (χ3v) is 7.33. The van der Waals surface area contributed by atoms with Crippen molar-refractivity contribution in [2.45, 2.75) is 51.2 Å². The van der Waals surface area contributed by atoms with Crippen molar-refractivity contribution in [3.05, 3.63) is 90.0 Å². The average molecular weight is 520 g/mol. The van der Waals surface area contributed by atoms with Gasteiger partial charge in [-0.3, -0.25) is 4.18 Å². The molecule has 0 aliphatic rings. The second kappa shape index (κ2) is 10.9. The molecule has 37 heavy (non-hydrogen) atoms. The molecule has 0 aromatic heterocycles. The summed E-state index contributed by atoms with van der Waals surface area (Å²) < 4.78 is 36.1. The molecule has 0 N–H and O–H groups in total. The molecule has 1 amide bonds. The molecule has 0 atom stereocenters. The van der Waals surface area contributed by atoms with Crippen LogP contribution in [0, 0.1) is 6.92 Å². The van der Waals surface area contributed by atoms with E-state index in [4.69, 9.17) is 8.92 Å². The van der Waals surface area contributed by atoms with Crippen LogP contribution in [0.15, 0.2) is 83.8 Å². The zero-order chi connectivity index (χ0) is 26.6. The number of nitrogens with zero attached hydrogens (tertiary/aromatic N) is 1. The number of fused-ring (bicyclic) bond motifs is 2. The Labute approximate surface area is 218 Å². The summed E-state index contributed by atoms with van der Waals surface area (Å²) in [5.41, 5.74) is 1.32. The summed E-state index contributed by atoms with van der Waals surface area (Å²) >= 11 is 0. The Hall–Kier alpha value is -3.42. The molecule has 0 aliphatic carbocycles. The van der Waals surface area contributed by atoms with E-state index in [0.717, 1.165) is 32.7 Å². The van der Waals surface area contributed by atoms with E-state index in [1.165, 1.54) is 12.1 Å². The summed E-state index contributed by atoms with van der Waals surface area (Å²) in [5.74, 6) is 0. The van der Waals surface area contributed by atoms with Gasteiger partial charge in [0.2, 0.25) is 0 Å².